The molecule has 0 aliphatic carbocycles. The van der Waals surface area contributed by atoms with Gasteiger partial charge in [0.2, 0.25) is 5.91 Å². The number of aryl methyl sites for hydroxylation is 1. The number of nitrogens with one attached hydrogen (secondary N) is 1. The number of hydrogen-bond acceptors (Lipinski definition) is 5. The molecule has 0 saturated carbocycles. The standard InChI is InChI=1S/C14H15F3N4O4/c1-20-11-9(12(23)21(2)13(20)24)5-8(6-18-11)19-10(22)3-4-25-7-14(15,16)17/h5-6H,3-4,7H2,1-2H3,(H,19,22). The summed E-state index contributed by atoms with van der Waals surface area (Å²) in [6, 6.07) is 1.35. The van der Waals surface area contributed by atoms with Gasteiger partial charge in [-0.25, -0.2) is 9.78 Å². The van der Waals surface area contributed by atoms with Gasteiger partial charge in [0.05, 0.1) is 30.3 Å². The zero-order valence-corrected chi connectivity index (χ0v) is 13.4. The van der Waals surface area contributed by atoms with Gasteiger partial charge in [0.15, 0.2) is 0 Å². The molecule has 2 aromatic heterocycles. The van der Waals surface area contributed by atoms with Crippen molar-refractivity contribution in [2.75, 3.05) is 18.5 Å². The average Bonchev–Trinajstić information content (AvgIpc) is 2.54. The quantitative estimate of drug-likeness (QED) is 0.786. The normalized spacial score (nSPS) is 11.7. The molecular weight excluding hydrogens is 345 g/mol. The summed E-state index contributed by atoms with van der Waals surface area (Å²) in [7, 11) is 2.76. The van der Waals surface area contributed by atoms with Crippen LogP contribution in [-0.2, 0) is 23.6 Å². The highest BCUT2D eigenvalue weighted by Crippen LogP contribution is 2.15. The topological polar surface area (TPSA) is 95.2 Å². The number of ether oxygens (including phenoxy) is 1. The van der Waals surface area contributed by atoms with Gasteiger partial charge in [-0.2, -0.15) is 13.2 Å². The zero-order chi connectivity index (χ0) is 18.8. The average molecular weight is 360 g/mol. The maximum Gasteiger partial charge on any atom is 0.411 e. The fraction of sp³-hybridized carbons (Fsp3) is 0.429. The second-order valence-corrected chi connectivity index (χ2v) is 5.27. The van der Waals surface area contributed by atoms with Crippen LogP contribution in [0, 0.1) is 0 Å². The smallest absolute Gasteiger partial charge is 0.372 e. The van der Waals surface area contributed by atoms with E-state index in [0.29, 0.717) is 0 Å². The molecule has 0 atom stereocenters. The molecule has 11 heteroatoms. The number of rotatable bonds is 5. The van der Waals surface area contributed by atoms with Gasteiger partial charge in [0.25, 0.3) is 5.56 Å². The predicted octanol–water partition coefficient (Wildman–Crippen LogP) is 0.540. The molecular formula is C14H15F3N4O4. The van der Waals surface area contributed by atoms with Crippen LogP contribution < -0.4 is 16.6 Å². The summed E-state index contributed by atoms with van der Waals surface area (Å²) in [5, 5.41) is 2.54. The Bertz CT molecular complexity index is 917. The van der Waals surface area contributed by atoms with Crippen molar-refractivity contribution in [3.05, 3.63) is 33.1 Å². The van der Waals surface area contributed by atoms with Crippen LogP contribution in [0.2, 0.25) is 0 Å². The van der Waals surface area contributed by atoms with Crippen LogP contribution in [-0.4, -0.2) is 39.4 Å². The molecule has 0 aliphatic rings. The van der Waals surface area contributed by atoms with Crippen LogP contribution in [0.4, 0.5) is 18.9 Å². The first-order valence-electron chi connectivity index (χ1n) is 7.10. The summed E-state index contributed by atoms with van der Waals surface area (Å²) >= 11 is 0. The molecule has 136 valence electrons. The van der Waals surface area contributed by atoms with Gasteiger partial charge in [-0.3, -0.25) is 18.7 Å². The molecule has 2 heterocycles. The third-order valence-electron chi connectivity index (χ3n) is 3.32. The number of carbonyl (C=O) groups is 1. The largest absolute Gasteiger partial charge is 0.411 e. The van der Waals surface area contributed by atoms with Gasteiger partial charge in [0, 0.05) is 14.1 Å². The Hall–Kier alpha value is -2.69. The first-order valence-corrected chi connectivity index (χ1v) is 7.10. The van der Waals surface area contributed by atoms with Crippen molar-refractivity contribution in [2.24, 2.45) is 14.1 Å². The molecule has 0 aliphatic heterocycles. The maximum atomic E-state index is 12.1. The Labute approximate surface area is 138 Å². The van der Waals surface area contributed by atoms with Crippen molar-refractivity contribution in [1.29, 1.82) is 0 Å². The SMILES string of the molecule is Cn1c(=O)c2cc(NC(=O)CCOCC(F)(F)F)cnc2n(C)c1=O. The summed E-state index contributed by atoms with van der Waals surface area (Å²) in [4.78, 5) is 39.6. The summed E-state index contributed by atoms with van der Waals surface area (Å²) in [6.07, 6.45) is -3.50. The van der Waals surface area contributed by atoms with Gasteiger partial charge in [0.1, 0.15) is 12.3 Å². The lowest BCUT2D eigenvalue weighted by molar-refractivity contribution is -0.174. The monoisotopic (exact) mass is 360 g/mol. The van der Waals surface area contributed by atoms with E-state index in [-0.39, 0.29) is 23.1 Å². The minimum atomic E-state index is -4.45. The highest BCUT2D eigenvalue weighted by molar-refractivity contribution is 5.92. The van der Waals surface area contributed by atoms with E-state index in [0.717, 1.165) is 4.57 Å². The van der Waals surface area contributed by atoms with Crippen LogP contribution in [0.15, 0.2) is 21.9 Å². The van der Waals surface area contributed by atoms with Crippen molar-refractivity contribution < 1.29 is 22.7 Å². The van der Waals surface area contributed by atoms with Crippen LogP contribution >= 0.6 is 0 Å². The van der Waals surface area contributed by atoms with Crippen molar-refractivity contribution in [3.8, 4) is 0 Å². The molecule has 25 heavy (non-hydrogen) atoms. The van der Waals surface area contributed by atoms with E-state index < -0.39 is 36.5 Å². The number of fused-ring (bicyclic) bond motifs is 1. The molecule has 2 aromatic rings. The lowest BCUT2D eigenvalue weighted by Gasteiger charge is -2.10. The first kappa shape index (κ1) is 18.6. The van der Waals surface area contributed by atoms with Crippen molar-refractivity contribution in [1.82, 2.24) is 14.1 Å². The highest BCUT2D eigenvalue weighted by atomic mass is 19.4. The summed E-state index contributed by atoms with van der Waals surface area (Å²) in [5.74, 6) is -0.593. The highest BCUT2D eigenvalue weighted by Gasteiger charge is 2.27. The Kier molecular flexibility index (Phi) is 5.26. The second kappa shape index (κ2) is 7.05. The molecule has 1 N–H and O–H groups in total. The Morgan fingerprint density at radius 2 is 1.96 bits per heavy atom. The molecule has 0 fully saturated rings. The second-order valence-electron chi connectivity index (χ2n) is 5.27. The Balaban J connectivity index is 2.11. The number of alkyl halides is 3. The van der Waals surface area contributed by atoms with Crippen molar-refractivity contribution in [2.45, 2.75) is 12.6 Å². The number of hydrogen-bond donors (Lipinski definition) is 1. The van der Waals surface area contributed by atoms with Gasteiger partial charge in [-0.05, 0) is 6.07 Å². The minimum absolute atomic E-state index is 0.121. The fourth-order valence-corrected chi connectivity index (χ4v) is 2.11. The van der Waals surface area contributed by atoms with Crippen LogP contribution in [0.3, 0.4) is 0 Å². The maximum absolute atomic E-state index is 12.1. The predicted molar refractivity (Wildman–Crippen MR) is 82.3 cm³/mol. The lowest BCUT2D eigenvalue weighted by Crippen LogP contribution is -2.37. The molecule has 2 rings (SSSR count). The molecule has 0 unspecified atom stereocenters. The molecule has 0 bridgehead atoms. The fourth-order valence-electron chi connectivity index (χ4n) is 2.11. The van der Waals surface area contributed by atoms with E-state index in [1.54, 1.807) is 0 Å². The Morgan fingerprint density at radius 1 is 1.28 bits per heavy atom. The van der Waals surface area contributed by atoms with Crippen molar-refractivity contribution >= 4 is 22.6 Å². The summed E-state index contributed by atoms with van der Waals surface area (Å²) in [6.45, 7) is -1.83. The number of amides is 1. The molecule has 8 nitrogen and oxygen atoms in total. The number of pyridine rings is 1. The molecule has 0 spiro atoms. The molecule has 0 radical (unpaired) electrons. The number of aromatic nitrogens is 3. The number of nitrogens with zero attached hydrogens (tertiary/aromatic N) is 3. The van der Waals surface area contributed by atoms with Crippen LogP contribution in [0.25, 0.3) is 11.0 Å². The van der Waals surface area contributed by atoms with Crippen LogP contribution in [0.1, 0.15) is 6.42 Å². The van der Waals surface area contributed by atoms with Gasteiger partial charge in [-0.15, -0.1) is 0 Å². The van der Waals surface area contributed by atoms with E-state index in [4.69, 9.17) is 0 Å². The van der Waals surface area contributed by atoms with E-state index >= 15 is 0 Å². The van der Waals surface area contributed by atoms with Crippen molar-refractivity contribution in [3.63, 3.8) is 0 Å². The number of halogens is 3. The van der Waals surface area contributed by atoms with E-state index in [2.05, 4.69) is 15.0 Å². The summed E-state index contributed by atoms with van der Waals surface area (Å²) in [5.41, 5.74) is -0.775. The van der Waals surface area contributed by atoms with E-state index in [9.17, 15) is 27.6 Å². The minimum Gasteiger partial charge on any atom is -0.372 e. The van der Waals surface area contributed by atoms with Gasteiger partial charge >= 0.3 is 11.9 Å². The summed E-state index contributed by atoms with van der Waals surface area (Å²) < 4.78 is 42.2. The van der Waals surface area contributed by atoms with E-state index in [1.807, 2.05) is 0 Å². The first-order chi connectivity index (χ1) is 11.6. The van der Waals surface area contributed by atoms with Crippen LogP contribution in [0.5, 0.6) is 0 Å². The Morgan fingerprint density at radius 3 is 2.60 bits per heavy atom. The number of anilines is 1. The van der Waals surface area contributed by atoms with E-state index in [1.165, 1.54) is 30.9 Å². The lowest BCUT2D eigenvalue weighted by atomic mass is 10.3. The third-order valence-corrected chi connectivity index (χ3v) is 3.32. The molecule has 0 aromatic carbocycles. The molecule has 1 amide bonds. The van der Waals surface area contributed by atoms with Gasteiger partial charge < -0.3 is 10.1 Å². The zero-order valence-electron chi connectivity index (χ0n) is 13.4. The third kappa shape index (κ3) is 4.44. The van der Waals surface area contributed by atoms with Gasteiger partial charge in [-0.1, -0.05) is 0 Å². The molecule has 0 saturated heterocycles. The number of carbonyl (C=O) groups excluding carboxylic acids is 1.